The van der Waals surface area contributed by atoms with Crippen LogP contribution < -0.4 is 15.2 Å². The van der Waals surface area contributed by atoms with Crippen molar-refractivity contribution in [3.8, 4) is 5.75 Å². The number of hydrogen-bond donors (Lipinski definition) is 1. The third-order valence-electron chi connectivity index (χ3n) is 4.61. The Balaban J connectivity index is 1.60. The van der Waals surface area contributed by atoms with Crippen molar-refractivity contribution in [2.45, 2.75) is 6.61 Å². The number of benzene rings is 3. The maximum atomic E-state index is 14.0. The molecule has 4 rings (SSSR count). The molecule has 0 bridgehead atoms. The van der Waals surface area contributed by atoms with E-state index in [-0.39, 0.29) is 22.8 Å². The second-order valence-electron chi connectivity index (χ2n) is 6.65. The van der Waals surface area contributed by atoms with Crippen LogP contribution in [0.15, 0.2) is 72.3 Å². The molecule has 0 radical (unpaired) electrons. The number of hydrogen-bond acceptors (Lipinski definition) is 3. The van der Waals surface area contributed by atoms with Crippen molar-refractivity contribution in [1.29, 1.82) is 0 Å². The number of rotatable bonds is 5. The fourth-order valence-corrected chi connectivity index (χ4v) is 3.46. The van der Waals surface area contributed by atoms with E-state index in [4.69, 9.17) is 27.9 Å². The summed E-state index contributed by atoms with van der Waals surface area (Å²) in [5, 5.41) is 1.81. The van der Waals surface area contributed by atoms with Crippen molar-refractivity contribution < 1.29 is 18.7 Å². The molecule has 1 aliphatic rings. The summed E-state index contributed by atoms with van der Waals surface area (Å²) in [6.45, 7) is -0.111. The van der Waals surface area contributed by atoms with Crippen molar-refractivity contribution in [2.24, 2.45) is 0 Å². The molecule has 8 heteroatoms. The summed E-state index contributed by atoms with van der Waals surface area (Å²) in [5.41, 5.74) is 3.59. The molecule has 3 aromatic rings. The minimum Gasteiger partial charge on any atom is -0.488 e. The van der Waals surface area contributed by atoms with E-state index in [9.17, 15) is 14.0 Å². The molecule has 5 nitrogen and oxygen atoms in total. The zero-order chi connectivity index (χ0) is 22.0. The zero-order valence-corrected chi connectivity index (χ0v) is 17.5. The van der Waals surface area contributed by atoms with E-state index in [2.05, 4.69) is 5.43 Å². The Morgan fingerprint density at radius 1 is 1.00 bits per heavy atom. The van der Waals surface area contributed by atoms with Crippen molar-refractivity contribution >= 4 is 46.8 Å². The molecule has 0 aliphatic carbocycles. The minimum atomic E-state index is -0.558. The summed E-state index contributed by atoms with van der Waals surface area (Å²) in [6, 6.07) is 17.8. The van der Waals surface area contributed by atoms with Gasteiger partial charge in [0.1, 0.15) is 23.7 Å². The summed E-state index contributed by atoms with van der Waals surface area (Å²) < 4.78 is 19.8. The average molecular weight is 457 g/mol. The van der Waals surface area contributed by atoms with Gasteiger partial charge >= 0.3 is 0 Å². The highest BCUT2D eigenvalue weighted by Gasteiger charge is 2.34. The van der Waals surface area contributed by atoms with Crippen molar-refractivity contribution in [1.82, 2.24) is 5.43 Å². The smallest absolute Gasteiger partial charge is 0.282 e. The molecule has 1 saturated heterocycles. The number of hydrazine groups is 1. The summed E-state index contributed by atoms with van der Waals surface area (Å²) in [5.74, 6) is -1.20. The summed E-state index contributed by atoms with van der Waals surface area (Å²) >= 11 is 12.0. The number of nitrogens with zero attached hydrogens (tertiary/aromatic N) is 1. The van der Waals surface area contributed by atoms with Gasteiger partial charge < -0.3 is 4.74 Å². The molecule has 3 aromatic carbocycles. The Morgan fingerprint density at radius 2 is 1.77 bits per heavy atom. The van der Waals surface area contributed by atoms with Gasteiger partial charge in [-0.25, -0.2) is 9.40 Å². The number of amides is 2. The van der Waals surface area contributed by atoms with Crippen LogP contribution in [0.5, 0.6) is 5.75 Å². The van der Waals surface area contributed by atoms with Crippen LogP contribution in [0.1, 0.15) is 11.1 Å². The first kappa shape index (κ1) is 20.9. The Labute approximate surface area is 187 Å². The van der Waals surface area contributed by atoms with Gasteiger partial charge in [0, 0.05) is 16.1 Å². The van der Waals surface area contributed by atoms with Gasteiger partial charge in [-0.2, -0.15) is 0 Å². The van der Waals surface area contributed by atoms with E-state index >= 15 is 0 Å². The van der Waals surface area contributed by atoms with E-state index in [0.717, 1.165) is 5.01 Å². The second kappa shape index (κ2) is 8.79. The van der Waals surface area contributed by atoms with Crippen LogP contribution in [0, 0.1) is 5.82 Å². The van der Waals surface area contributed by atoms with E-state index in [1.54, 1.807) is 54.6 Å². The molecule has 1 N–H and O–H groups in total. The van der Waals surface area contributed by atoms with Gasteiger partial charge in [-0.05, 0) is 42.5 Å². The second-order valence-corrected chi connectivity index (χ2v) is 7.49. The Kier molecular flexibility index (Phi) is 5.93. The van der Waals surface area contributed by atoms with E-state index in [0.29, 0.717) is 22.0 Å². The molecule has 0 unspecified atom stereocenters. The normalized spacial score (nSPS) is 14.8. The highest BCUT2D eigenvalue weighted by molar-refractivity contribution is 6.33. The molecular weight excluding hydrogens is 442 g/mol. The van der Waals surface area contributed by atoms with E-state index in [1.807, 2.05) is 0 Å². The van der Waals surface area contributed by atoms with E-state index in [1.165, 1.54) is 18.2 Å². The minimum absolute atomic E-state index is 0.0695. The van der Waals surface area contributed by atoms with Gasteiger partial charge in [0.25, 0.3) is 11.8 Å². The highest BCUT2D eigenvalue weighted by atomic mass is 35.5. The van der Waals surface area contributed by atoms with Crippen LogP contribution in [0.2, 0.25) is 10.0 Å². The van der Waals surface area contributed by atoms with Crippen LogP contribution in [-0.4, -0.2) is 11.8 Å². The molecule has 0 atom stereocenters. The van der Waals surface area contributed by atoms with Gasteiger partial charge in [0.15, 0.2) is 0 Å². The first-order valence-corrected chi connectivity index (χ1v) is 9.97. The lowest BCUT2D eigenvalue weighted by Gasteiger charge is -2.14. The Bertz CT molecular complexity index is 1190. The topological polar surface area (TPSA) is 58.6 Å². The molecule has 2 amide bonds. The molecule has 1 fully saturated rings. The summed E-state index contributed by atoms with van der Waals surface area (Å²) in [4.78, 5) is 25.3. The van der Waals surface area contributed by atoms with Crippen LogP contribution >= 0.6 is 23.2 Å². The standard InChI is InChI=1S/C23H15Cl2FN2O3/c24-15-6-3-7-16(12-15)28-23(30)17(22(29)27-28)11-14-5-1-2-10-21(14)31-13-18-19(25)8-4-9-20(18)26/h1-12H,13H2,(H,27,29)/b17-11-. The maximum Gasteiger partial charge on any atom is 0.282 e. The first-order chi connectivity index (χ1) is 14.9. The van der Waals surface area contributed by atoms with Crippen LogP contribution in [-0.2, 0) is 16.2 Å². The van der Waals surface area contributed by atoms with Crippen LogP contribution in [0.4, 0.5) is 10.1 Å². The van der Waals surface area contributed by atoms with Gasteiger partial charge in [-0.1, -0.05) is 53.5 Å². The monoisotopic (exact) mass is 456 g/mol. The van der Waals surface area contributed by atoms with Gasteiger partial charge in [-0.15, -0.1) is 0 Å². The molecule has 1 aliphatic heterocycles. The number of para-hydroxylation sites is 1. The van der Waals surface area contributed by atoms with Crippen LogP contribution in [0.3, 0.4) is 0 Å². The van der Waals surface area contributed by atoms with Gasteiger partial charge in [0.2, 0.25) is 0 Å². The molecule has 31 heavy (non-hydrogen) atoms. The van der Waals surface area contributed by atoms with E-state index < -0.39 is 17.6 Å². The van der Waals surface area contributed by atoms with Crippen LogP contribution in [0.25, 0.3) is 6.08 Å². The fourth-order valence-electron chi connectivity index (χ4n) is 3.06. The highest BCUT2D eigenvalue weighted by Crippen LogP contribution is 2.28. The van der Waals surface area contributed by atoms with Gasteiger partial charge in [0.05, 0.1) is 10.7 Å². The molecule has 1 heterocycles. The van der Waals surface area contributed by atoms with Gasteiger partial charge in [-0.3, -0.25) is 15.0 Å². The first-order valence-electron chi connectivity index (χ1n) is 9.21. The lowest BCUT2D eigenvalue weighted by molar-refractivity contribution is -0.117. The average Bonchev–Trinajstić information content (AvgIpc) is 3.03. The number of carbonyl (C=O) groups excluding carboxylic acids is 2. The molecule has 0 spiro atoms. The third kappa shape index (κ3) is 4.40. The predicted octanol–water partition coefficient (Wildman–Crippen LogP) is 5.17. The quantitative estimate of drug-likeness (QED) is 0.425. The Morgan fingerprint density at radius 3 is 2.55 bits per heavy atom. The lowest BCUT2D eigenvalue weighted by atomic mass is 10.1. The van der Waals surface area contributed by atoms with Crippen molar-refractivity contribution in [2.75, 3.05) is 5.01 Å². The number of ether oxygens (including phenoxy) is 1. The predicted molar refractivity (Wildman–Crippen MR) is 117 cm³/mol. The molecular formula is C23H15Cl2FN2O3. The number of carbonyl (C=O) groups is 2. The summed E-state index contributed by atoms with van der Waals surface area (Å²) in [7, 11) is 0. The number of anilines is 1. The maximum absolute atomic E-state index is 14.0. The Hall–Kier alpha value is -3.35. The molecule has 0 saturated carbocycles. The fraction of sp³-hybridized carbons (Fsp3) is 0.0435. The van der Waals surface area contributed by atoms with Crippen molar-refractivity contribution in [3.05, 3.63) is 99.3 Å². The lowest BCUT2D eigenvalue weighted by Crippen LogP contribution is -2.35. The number of nitrogens with one attached hydrogen (secondary N) is 1. The SMILES string of the molecule is O=C1NN(c2cccc(Cl)c2)C(=O)/C1=C\c1ccccc1OCc1c(F)cccc1Cl. The largest absolute Gasteiger partial charge is 0.488 e. The van der Waals surface area contributed by atoms with Crippen molar-refractivity contribution in [3.63, 3.8) is 0 Å². The summed E-state index contributed by atoms with van der Waals surface area (Å²) in [6.07, 6.45) is 1.43. The molecule has 0 aromatic heterocycles. The number of halogens is 3. The zero-order valence-electron chi connectivity index (χ0n) is 15.9. The third-order valence-corrected chi connectivity index (χ3v) is 5.20. The molecule has 156 valence electrons.